The minimum absolute atomic E-state index is 0.336. The molecule has 1 aromatic heterocycles. The second kappa shape index (κ2) is 5.58. The molecule has 4 heteroatoms. The summed E-state index contributed by atoms with van der Waals surface area (Å²) in [5, 5.41) is 6.82. The fourth-order valence-corrected chi connectivity index (χ4v) is 2.93. The van der Waals surface area contributed by atoms with Crippen LogP contribution >= 0.6 is 0 Å². The summed E-state index contributed by atoms with van der Waals surface area (Å²) in [6, 6.07) is 0.531. The maximum absolute atomic E-state index is 4.73. The Morgan fingerprint density at radius 1 is 1.20 bits per heavy atom. The van der Waals surface area contributed by atoms with Crippen molar-refractivity contribution in [1.29, 1.82) is 0 Å². The number of nitrogens with one attached hydrogen (secondary N) is 2. The Morgan fingerprint density at radius 3 is 2.35 bits per heavy atom. The van der Waals surface area contributed by atoms with Crippen LogP contribution < -0.4 is 10.6 Å². The lowest BCUT2D eigenvalue weighted by atomic mass is 9.92. The van der Waals surface area contributed by atoms with Crippen molar-refractivity contribution < 1.29 is 0 Å². The Bertz CT molecular complexity index is 480. The molecule has 1 aliphatic carbocycles. The van der Waals surface area contributed by atoms with Crippen LogP contribution in [0.15, 0.2) is 0 Å². The summed E-state index contributed by atoms with van der Waals surface area (Å²) in [6.07, 6.45) is 3.72. The van der Waals surface area contributed by atoms with Gasteiger partial charge < -0.3 is 10.6 Å². The van der Waals surface area contributed by atoms with Gasteiger partial charge in [0.1, 0.15) is 17.5 Å². The van der Waals surface area contributed by atoms with Crippen LogP contribution in [0.1, 0.15) is 64.3 Å². The molecule has 1 heterocycles. The van der Waals surface area contributed by atoms with Gasteiger partial charge in [0.2, 0.25) is 0 Å². The Balaban J connectivity index is 2.24. The molecule has 1 fully saturated rings. The summed E-state index contributed by atoms with van der Waals surface area (Å²) in [4.78, 5) is 9.32. The predicted molar refractivity (Wildman–Crippen MR) is 85.4 cm³/mol. The first-order chi connectivity index (χ1) is 9.32. The number of anilines is 2. The first-order valence-electron chi connectivity index (χ1n) is 7.65. The second-order valence-electron chi connectivity index (χ2n) is 7.06. The van der Waals surface area contributed by atoms with Gasteiger partial charge in [-0.2, -0.15) is 0 Å². The van der Waals surface area contributed by atoms with E-state index in [2.05, 4.69) is 50.2 Å². The third-order valence-corrected chi connectivity index (χ3v) is 4.23. The van der Waals surface area contributed by atoms with Gasteiger partial charge in [0.15, 0.2) is 0 Å². The molecular formula is C16H28N4. The molecule has 112 valence electrons. The lowest BCUT2D eigenvalue weighted by molar-refractivity contribution is 0.378. The molecule has 1 aliphatic rings. The predicted octanol–water partition coefficient (Wildman–Crippen LogP) is 3.94. The maximum Gasteiger partial charge on any atom is 0.135 e. The van der Waals surface area contributed by atoms with E-state index in [0.717, 1.165) is 23.0 Å². The summed E-state index contributed by atoms with van der Waals surface area (Å²) < 4.78 is 0. The van der Waals surface area contributed by atoms with Gasteiger partial charge in [-0.3, -0.25) is 0 Å². The highest BCUT2D eigenvalue weighted by Gasteiger charge is 2.31. The van der Waals surface area contributed by atoms with E-state index >= 15 is 0 Å². The monoisotopic (exact) mass is 276 g/mol. The molecule has 4 nitrogen and oxygen atoms in total. The molecule has 1 unspecified atom stereocenters. The molecule has 0 radical (unpaired) electrons. The van der Waals surface area contributed by atoms with E-state index in [0.29, 0.717) is 17.4 Å². The van der Waals surface area contributed by atoms with E-state index in [9.17, 15) is 0 Å². The van der Waals surface area contributed by atoms with Crippen molar-refractivity contribution in [2.24, 2.45) is 5.41 Å². The molecule has 0 aliphatic heterocycles. The number of hydrogen-bond donors (Lipinski definition) is 2. The summed E-state index contributed by atoms with van der Waals surface area (Å²) in [6.45, 7) is 11.0. The van der Waals surface area contributed by atoms with Gasteiger partial charge in [-0.15, -0.1) is 0 Å². The van der Waals surface area contributed by atoms with Crippen molar-refractivity contribution in [1.82, 2.24) is 9.97 Å². The number of rotatable bonds is 4. The van der Waals surface area contributed by atoms with E-state index in [-0.39, 0.29) is 0 Å². The Labute approximate surface area is 122 Å². The molecule has 1 atom stereocenters. The smallest absolute Gasteiger partial charge is 0.135 e. The second-order valence-corrected chi connectivity index (χ2v) is 7.06. The van der Waals surface area contributed by atoms with Crippen molar-refractivity contribution in [2.45, 2.75) is 65.8 Å². The number of nitrogens with zero attached hydrogens (tertiary/aromatic N) is 2. The van der Waals surface area contributed by atoms with E-state index in [1.165, 1.54) is 19.3 Å². The van der Waals surface area contributed by atoms with Crippen molar-refractivity contribution in [3.05, 3.63) is 11.4 Å². The van der Waals surface area contributed by atoms with Crippen LogP contribution in [0.4, 0.5) is 11.6 Å². The zero-order valence-corrected chi connectivity index (χ0v) is 13.7. The third kappa shape index (κ3) is 3.22. The topological polar surface area (TPSA) is 49.8 Å². The van der Waals surface area contributed by atoms with Crippen LogP contribution in [0.3, 0.4) is 0 Å². The van der Waals surface area contributed by atoms with Crippen LogP contribution in [0.2, 0.25) is 0 Å². The van der Waals surface area contributed by atoms with Crippen molar-refractivity contribution in [2.75, 3.05) is 17.7 Å². The highest BCUT2D eigenvalue weighted by Crippen LogP contribution is 2.38. The van der Waals surface area contributed by atoms with Crippen LogP contribution in [-0.2, 0) is 0 Å². The SMILES string of the molecule is CNc1nc(C(C)C)nc(NC2CCC(C)(C)C2)c1C. The summed E-state index contributed by atoms with van der Waals surface area (Å²) in [5.41, 5.74) is 1.56. The maximum atomic E-state index is 4.73. The van der Waals surface area contributed by atoms with E-state index < -0.39 is 0 Å². The highest BCUT2D eigenvalue weighted by atomic mass is 15.1. The van der Waals surface area contributed by atoms with Gasteiger partial charge in [0, 0.05) is 24.6 Å². The van der Waals surface area contributed by atoms with Crippen molar-refractivity contribution in [3.8, 4) is 0 Å². The average molecular weight is 276 g/mol. The van der Waals surface area contributed by atoms with Gasteiger partial charge in [-0.05, 0) is 31.6 Å². The molecule has 0 spiro atoms. The van der Waals surface area contributed by atoms with Crippen LogP contribution in [-0.4, -0.2) is 23.1 Å². The summed E-state index contributed by atoms with van der Waals surface area (Å²) in [7, 11) is 1.92. The molecule has 2 rings (SSSR count). The highest BCUT2D eigenvalue weighted by molar-refractivity contribution is 5.57. The Kier molecular flexibility index (Phi) is 4.21. The lowest BCUT2D eigenvalue weighted by Gasteiger charge is -2.20. The Hall–Kier alpha value is -1.32. The standard InChI is InChI=1S/C16H28N4/c1-10(2)13-19-14(17-6)11(3)15(20-13)18-12-7-8-16(4,5)9-12/h10,12H,7-9H2,1-6H3,(H2,17,18,19,20). The molecule has 1 saturated carbocycles. The molecule has 20 heavy (non-hydrogen) atoms. The van der Waals surface area contributed by atoms with Crippen molar-refractivity contribution in [3.63, 3.8) is 0 Å². The Morgan fingerprint density at radius 2 is 1.85 bits per heavy atom. The van der Waals surface area contributed by atoms with Gasteiger partial charge in [-0.1, -0.05) is 27.7 Å². The quantitative estimate of drug-likeness (QED) is 0.874. The van der Waals surface area contributed by atoms with E-state index in [1.54, 1.807) is 0 Å². The fourth-order valence-electron chi connectivity index (χ4n) is 2.93. The van der Waals surface area contributed by atoms with Gasteiger partial charge in [-0.25, -0.2) is 9.97 Å². The van der Waals surface area contributed by atoms with E-state index in [1.807, 2.05) is 7.05 Å². The molecule has 0 aromatic carbocycles. The first-order valence-corrected chi connectivity index (χ1v) is 7.65. The molecule has 1 aromatic rings. The minimum atomic E-state index is 0.336. The van der Waals surface area contributed by atoms with Crippen LogP contribution in [0.5, 0.6) is 0 Å². The van der Waals surface area contributed by atoms with Gasteiger partial charge in [0.05, 0.1) is 0 Å². The van der Waals surface area contributed by atoms with Gasteiger partial charge in [0.25, 0.3) is 0 Å². The van der Waals surface area contributed by atoms with Crippen molar-refractivity contribution >= 4 is 11.6 Å². The summed E-state index contributed by atoms with van der Waals surface area (Å²) in [5.74, 6) is 3.17. The number of aromatic nitrogens is 2. The van der Waals surface area contributed by atoms with E-state index in [4.69, 9.17) is 4.98 Å². The normalized spacial score (nSPS) is 21.2. The first kappa shape index (κ1) is 15.1. The third-order valence-electron chi connectivity index (χ3n) is 4.23. The van der Waals surface area contributed by atoms with Gasteiger partial charge >= 0.3 is 0 Å². The van der Waals surface area contributed by atoms with Crippen LogP contribution in [0, 0.1) is 12.3 Å². The zero-order chi connectivity index (χ0) is 14.9. The average Bonchev–Trinajstić information content (AvgIpc) is 2.71. The lowest BCUT2D eigenvalue weighted by Crippen LogP contribution is -2.20. The van der Waals surface area contributed by atoms with Crippen LogP contribution in [0.25, 0.3) is 0 Å². The molecule has 0 saturated heterocycles. The minimum Gasteiger partial charge on any atom is -0.373 e. The zero-order valence-electron chi connectivity index (χ0n) is 13.7. The summed E-state index contributed by atoms with van der Waals surface area (Å²) >= 11 is 0. The molecule has 0 bridgehead atoms. The molecule has 0 amide bonds. The molecule has 2 N–H and O–H groups in total. The molecular weight excluding hydrogens is 248 g/mol. The number of hydrogen-bond acceptors (Lipinski definition) is 4. The fraction of sp³-hybridized carbons (Fsp3) is 0.750. The largest absolute Gasteiger partial charge is 0.373 e.